The molecule has 0 aliphatic carbocycles. The molecule has 3 nitrogen and oxygen atoms in total. The molecule has 96 valence electrons. The van der Waals surface area contributed by atoms with Crippen LogP contribution in [-0.4, -0.2) is 9.55 Å². The summed E-state index contributed by atoms with van der Waals surface area (Å²) in [5, 5.41) is 0.791. The SMILES string of the molecule is Nc1nc2c(Cl)cccc2n1-c1ccc(Cl)cc1F. The van der Waals surface area contributed by atoms with Crippen LogP contribution in [0, 0.1) is 5.82 Å². The summed E-state index contributed by atoms with van der Waals surface area (Å²) in [6.45, 7) is 0. The summed E-state index contributed by atoms with van der Waals surface area (Å²) in [5.74, 6) is -0.303. The van der Waals surface area contributed by atoms with E-state index in [0.717, 1.165) is 0 Å². The molecule has 6 heteroatoms. The van der Waals surface area contributed by atoms with Crippen molar-refractivity contribution >= 4 is 40.2 Å². The van der Waals surface area contributed by atoms with Crippen LogP contribution in [0.25, 0.3) is 16.7 Å². The lowest BCUT2D eigenvalue weighted by Gasteiger charge is -2.08. The van der Waals surface area contributed by atoms with E-state index >= 15 is 0 Å². The highest BCUT2D eigenvalue weighted by atomic mass is 35.5. The Balaban J connectivity index is 2.36. The lowest BCUT2D eigenvalue weighted by Crippen LogP contribution is -2.02. The molecule has 0 amide bonds. The minimum Gasteiger partial charge on any atom is -0.369 e. The van der Waals surface area contributed by atoms with Crippen LogP contribution in [0.4, 0.5) is 10.3 Å². The van der Waals surface area contributed by atoms with E-state index < -0.39 is 5.82 Å². The van der Waals surface area contributed by atoms with Crippen LogP contribution in [0.2, 0.25) is 10.0 Å². The predicted molar refractivity (Wildman–Crippen MR) is 75.5 cm³/mol. The number of nitrogens with zero attached hydrogens (tertiary/aromatic N) is 2. The Morgan fingerprint density at radius 3 is 2.68 bits per heavy atom. The zero-order valence-electron chi connectivity index (χ0n) is 9.57. The number of hydrogen-bond acceptors (Lipinski definition) is 2. The molecule has 0 aliphatic rings. The number of benzene rings is 2. The van der Waals surface area contributed by atoms with Crippen molar-refractivity contribution in [2.24, 2.45) is 0 Å². The number of fused-ring (bicyclic) bond motifs is 1. The molecular formula is C13H8Cl2FN3. The van der Waals surface area contributed by atoms with Crippen molar-refractivity contribution in [1.82, 2.24) is 9.55 Å². The van der Waals surface area contributed by atoms with Crippen LogP contribution in [0.5, 0.6) is 0 Å². The maximum Gasteiger partial charge on any atom is 0.206 e. The summed E-state index contributed by atoms with van der Waals surface area (Å²) >= 11 is 11.8. The fraction of sp³-hybridized carbons (Fsp3) is 0. The quantitative estimate of drug-likeness (QED) is 0.736. The van der Waals surface area contributed by atoms with Crippen molar-refractivity contribution in [3.05, 3.63) is 52.3 Å². The fourth-order valence-corrected chi connectivity index (χ4v) is 2.37. The van der Waals surface area contributed by atoms with E-state index in [1.165, 1.54) is 10.6 Å². The summed E-state index contributed by atoms with van der Waals surface area (Å²) in [6, 6.07) is 9.62. The summed E-state index contributed by atoms with van der Waals surface area (Å²) in [5.41, 5.74) is 7.32. The summed E-state index contributed by atoms with van der Waals surface area (Å²) in [7, 11) is 0. The third kappa shape index (κ3) is 1.93. The van der Waals surface area contributed by atoms with Gasteiger partial charge in [0, 0.05) is 5.02 Å². The molecule has 0 saturated heterocycles. The smallest absolute Gasteiger partial charge is 0.206 e. The van der Waals surface area contributed by atoms with E-state index in [9.17, 15) is 4.39 Å². The topological polar surface area (TPSA) is 43.8 Å². The monoisotopic (exact) mass is 295 g/mol. The number of hydrogen-bond donors (Lipinski definition) is 1. The molecule has 2 N–H and O–H groups in total. The summed E-state index contributed by atoms with van der Waals surface area (Å²) < 4.78 is 15.5. The number of para-hydroxylation sites is 1. The van der Waals surface area contributed by atoms with Crippen molar-refractivity contribution < 1.29 is 4.39 Å². The zero-order valence-corrected chi connectivity index (χ0v) is 11.1. The normalized spacial score (nSPS) is 11.1. The molecule has 0 spiro atoms. The van der Waals surface area contributed by atoms with E-state index in [1.54, 1.807) is 30.3 Å². The number of halogens is 3. The first-order valence-electron chi connectivity index (χ1n) is 5.46. The Morgan fingerprint density at radius 2 is 1.95 bits per heavy atom. The number of imidazole rings is 1. The van der Waals surface area contributed by atoms with Gasteiger partial charge in [0.25, 0.3) is 0 Å². The van der Waals surface area contributed by atoms with E-state index in [1.807, 2.05) is 0 Å². The highest BCUT2D eigenvalue weighted by Gasteiger charge is 2.15. The van der Waals surface area contributed by atoms with Crippen LogP contribution in [0.1, 0.15) is 0 Å². The van der Waals surface area contributed by atoms with Crippen LogP contribution >= 0.6 is 23.2 Å². The fourth-order valence-electron chi connectivity index (χ4n) is 2.00. The Bertz CT molecular complexity index is 783. The number of nitrogens with two attached hydrogens (primary N) is 1. The van der Waals surface area contributed by atoms with Gasteiger partial charge in [-0.25, -0.2) is 9.37 Å². The van der Waals surface area contributed by atoms with Gasteiger partial charge in [-0.3, -0.25) is 4.57 Å². The molecule has 0 bridgehead atoms. The van der Waals surface area contributed by atoms with Crippen LogP contribution in [-0.2, 0) is 0 Å². The third-order valence-electron chi connectivity index (χ3n) is 2.81. The molecule has 2 aromatic carbocycles. The van der Waals surface area contributed by atoms with E-state index in [0.29, 0.717) is 21.1 Å². The van der Waals surface area contributed by atoms with Gasteiger partial charge in [-0.2, -0.15) is 0 Å². The van der Waals surface area contributed by atoms with Gasteiger partial charge in [-0.15, -0.1) is 0 Å². The maximum atomic E-state index is 14.0. The molecule has 3 aromatic rings. The molecule has 19 heavy (non-hydrogen) atoms. The molecule has 3 rings (SSSR count). The Hall–Kier alpha value is -1.78. The number of rotatable bonds is 1. The largest absolute Gasteiger partial charge is 0.369 e. The molecular weight excluding hydrogens is 288 g/mol. The van der Waals surface area contributed by atoms with Gasteiger partial charge in [-0.05, 0) is 30.3 Å². The molecule has 0 unspecified atom stereocenters. The maximum absolute atomic E-state index is 14.0. The van der Waals surface area contributed by atoms with Crippen LogP contribution < -0.4 is 5.73 Å². The molecule has 0 radical (unpaired) electrons. The number of anilines is 1. The highest BCUT2D eigenvalue weighted by molar-refractivity contribution is 6.35. The second kappa shape index (κ2) is 4.40. The molecule has 0 atom stereocenters. The van der Waals surface area contributed by atoms with Crippen molar-refractivity contribution in [2.75, 3.05) is 5.73 Å². The van der Waals surface area contributed by atoms with Crippen LogP contribution in [0.15, 0.2) is 36.4 Å². The first-order chi connectivity index (χ1) is 9.08. The minimum absolute atomic E-state index is 0.171. The number of aromatic nitrogens is 2. The first kappa shape index (κ1) is 12.3. The third-order valence-corrected chi connectivity index (χ3v) is 3.35. The van der Waals surface area contributed by atoms with Gasteiger partial charge in [0.15, 0.2) is 0 Å². The molecule has 0 fully saturated rings. The zero-order chi connectivity index (χ0) is 13.6. The number of nitrogen functional groups attached to an aromatic ring is 1. The molecule has 0 saturated carbocycles. The first-order valence-corrected chi connectivity index (χ1v) is 6.21. The Kier molecular flexibility index (Phi) is 2.84. The van der Waals surface area contributed by atoms with Crippen molar-refractivity contribution in [3.63, 3.8) is 0 Å². The minimum atomic E-state index is -0.474. The van der Waals surface area contributed by atoms with E-state index in [4.69, 9.17) is 28.9 Å². The van der Waals surface area contributed by atoms with Crippen LogP contribution in [0.3, 0.4) is 0 Å². The van der Waals surface area contributed by atoms with Gasteiger partial charge in [-0.1, -0.05) is 29.3 Å². The Morgan fingerprint density at radius 1 is 1.16 bits per heavy atom. The van der Waals surface area contributed by atoms with E-state index in [2.05, 4.69) is 4.98 Å². The second-order valence-corrected chi connectivity index (χ2v) is 4.85. The predicted octanol–water partition coefficient (Wildman–Crippen LogP) is 4.05. The van der Waals surface area contributed by atoms with Gasteiger partial charge >= 0.3 is 0 Å². The van der Waals surface area contributed by atoms with Gasteiger partial charge in [0.05, 0.1) is 16.2 Å². The van der Waals surface area contributed by atoms with Crippen molar-refractivity contribution in [1.29, 1.82) is 0 Å². The lowest BCUT2D eigenvalue weighted by atomic mass is 10.2. The van der Waals surface area contributed by atoms with Crippen molar-refractivity contribution in [2.45, 2.75) is 0 Å². The average molecular weight is 296 g/mol. The van der Waals surface area contributed by atoms with Gasteiger partial charge in [0.2, 0.25) is 5.95 Å². The van der Waals surface area contributed by atoms with E-state index in [-0.39, 0.29) is 11.6 Å². The second-order valence-electron chi connectivity index (χ2n) is 4.01. The molecule has 1 heterocycles. The standard InChI is InChI=1S/C13H8Cl2FN3/c14-7-4-5-10(9(16)6-7)19-11-3-1-2-8(15)12(11)18-13(19)17/h1-6H,(H2,17,18). The summed E-state index contributed by atoms with van der Waals surface area (Å²) in [6.07, 6.45) is 0. The molecule has 1 aromatic heterocycles. The molecule has 0 aliphatic heterocycles. The highest BCUT2D eigenvalue weighted by Crippen LogP contribution is 2.29. The summed E-state index contributed by atoms with van der Waals surface area (Å²) in [4.78, 5) is 4.16. The Labute approximate surface area is 118 Å². The average Bonchev–Trinajstić information content (AvgIpc) is 2.68. The van der Waals surface area contributed by atoms with Crippen molar-refractivity contribution in [3.8, 4) is 5.69 Å². The van der Waals surface area contributed by atoms with Gasteiger partial charge in [0.1, 0.15) is 11.3 Å². The van der Waals surface area contributed by atoms with Gasteiger partial charge < -0.3 is 5.73 Å². The lowest BCUT2D eigenvalue weighted by molar-refractivity contribution is 0.620.